The van der Waals surface area contributed by atoms with Crippen molar-refractivity contribution in [3.8, 4) is 6.07 Å². The first-order chi connectivity index (χ1) is 14.6. The van der Waals surface area contributed by atoms with Crippen LogP contribution in [0.5, 0.6) is 0 Å². The Kier molecular flexibility index (Phi) is 5.80. The van der Waals surface area contributed by atoms with Crippen LogP contribution in [-0.4, -0.2) is 23.1 Å². The Labute approximate surface area is 177 Å². The van der Waals surface area contributed by atoms with Crippen LogP contribution in [0.15, 0.2) is 54.6 Å². The van der Waals surface area contributed by atoms with E-state index in [1.807, 2.05) is 25.1 Å². The average Bonchev–Trinajstić information content (AvgIpc) is 2.75. The summed E-state index contributed by atoms with van der Waals surface area (Å²) in [6, 6.07) is 19.8. The summed E-state index contributed by atoms with van der Waals surface area (Å²) in [6.45, 7) is 6.46. The molecule has 0 amide bonds. The number of aromatic nitrogens is 2. The molecule has 0 radical (unpaired) electrons. The van der Waals surface area contributed by atoms with Gasteiger partial charge in [-0.15, -0.1) is 0 Å². The van der Waals surface area contributed by atoms with E-state index in [1.54, 1.807) is 12.1 Å². The highest BCUT2D eigenvalue weighted by atomic mass is 15.1. The second kappa shape index (κ2) is 8.83. The lowest BCUT2D eigenvalue weighted by atomic mass is 9.99. The Balaban J connectivity index is 1.44. The van der Waals surface area contributed by atoms with Crippen molar-refractivity contribution in [1.29, 1.82) is 5.26 Å². The molecule has 152 valence electrons. The number of benzene rings is 2. The van der Waals surface area contributed by atoms with Crippen LogP contribution in [0.25, 0.3) is 0 Å². The van der Waals surface area contributed by atoms with E-state index in [0.717, 1.165) is 36.2 Å². The zero-order chi connectivity index (χ0) is 20.9. The fourth-order valence-corrected chi connectivity index (χ4v) is 3.64. The van der Waals surface area contributed by atoms with Crippen molar-refractivity contribution in [3.05, 3.63) is 66.0 Å². The molecule has 2 N–H and O–H groups in total. The van der Waals surface area contributed by atoms with Gasteiger partial charge in [-0.05, 0) is 74.2 Å². The predicted octanol–water partition coefficient (Wildman–Crippen LogP) is 5.38. The number of anilines is 5. The number of hydrogen-bond donors (Lipinski definition) is 2. The van der Waals surface area contributed by atoms with Gasteiger partial charge in [0.2, 0.25) is 0 Å². The highest BCUT2D eigenvalue weighted by molar-refractivity contribution is 5.65. The molecule has 2 heterocycles. The molecule has 0 aliphatic carbocycles. The molecule has 30 heavy (non-hydrogen) atoms. The molecule has 2 aromatic carbocycles. The van der Waals surface area contributed by atoms with Gasteiger partial charge < -0.3 is 15.5 Å². The monoisotopic (exact) mass is 398 g/mol. The van der Waals surface area contributed by atoms with Crippen molar-refractivity contribution < 1.29 is 0 Å². The molecular formula is C24H26N6. The van der Waals surface area contributed by atoms with Crippen LogP contribution >= 0.6 is 0 Å². The fraction of sp³-hybridized carbons (Fsp3) is 0.292. The predicted molar refractivity (Wildman–Crippen MR) is 122 cm³/mol. The molecule has 6 heteroatoms. The number of aryl methyl sites for hydroxylation is 1. The summed E-state index contributed by atoms with van der Waals surface area (Å²) in [5.41, 5.74) is 3.77. The third-order valence-corrected chi connectivity index (χ3v) is 5.41. The first-order valence-electron chi connectivity index (χ1n) is 10.3. The van der Waals surface area contributed by atoms with Gasteiger partial charge in [0.25, 0.3) is 0 Å². The maximum Gasteiger partial charge on any atom is 0.136 e. The van der Waals surface area contributed by atoms with E-state index in [4.69, 9.17) is 5.26 Å². The topological polar surface area (TPSA) is 76.9 Å². The molecule has 1 aromatic heterocycles. The SMILES string of the molecule is Cc1nc(Nc2ccc(C#N)cc2)cc(Nc2ccc(N3CCC(C)CC3)cc2)n1. The average molecular weight is 399 g/mol. The van der Waals surface area contributed by atoms with Gasteiger partial charge in [0, 0.05) is 36.2 Å². The molecular weight excluding hydrogens is 372 g/mol. The molecule has 4 rings (SSSR count). The summed E-state index contributed by atoms with van der Waals surface area (Å²) in [5, 5.41) is 15.6. The normalized spacial score (nSPS) is 14.2. The Morgan fingerprint density at radius 1 is 0.900 bits per heavy atom. The Morgan fingerprint density at radius 2 is 1.43 bits per heavy atom. The van der Waals surface area contributed by atoms with Gasteiger partial charge in [0.15, 0.2) is 0 Å². The summed E-state index contributed by atoms with van der Waals surface area (Å²) < 4.78 is 0. The molecule has 1 aliphatic heterocycles. The minimum atomic E-state index is 0.629. The maximum atomic E-state index is 8.93. The first-order valence-corrected chi connectivity index (χ1v) is 10.3. The lowest BCUT2D eigenvalue weighted by Crippen LogP contribution is -2.32. The number of nitrogens with one attached hydrogen (secondary N) is 2. The van der Waals surface area contributed by atoms with Crippen LogP contribution in [0.3, 0.4) is 0 Å². The maximum absolute atomic E-state index is 8.93. The number of nitrogens with zero attached hydrogens (tertiary/aromatic N) is 4. The lowest BCUT2D eigenvalue weighted by Gasteiger charge is -2.32. The fourth-order valence-electron chi connectivity index (χ4n) is 3.64. The molecule has 0 bridgehead atoms. The van der Waals surface area contributed by atoms with Crippen molar-refractivity contribution >= 4 is 28.7 Å². The van der Waals surface area contributed by atoms with E-state index in [1.165, 1.54) is 18.5 Å². The van der Waals surface area contributed by atoms with Gasteiger partial charge in [-0.2, -0.15) is 5.26 Å². The Hall–Kier alpha value is -3.59. The standard InChI is InChI=1S/C24H26N6/c1-17-11-13-30(14-12-17)22-9-7-21(8-10-22)29-24-15-23(26-18(2)27-24)28-20-5-3-19(16-25)4-6-20/h3-10,15,17H,11-14H2,1-2H3,(H2,26,27,28,29). The molecule has 3 aromatic rings. The largest absolute Gasteiger partial charge is 0.372 e. The van der Waals surface area contributed by atoms with E-state index in [2.05, 4.69) is 62.8 Å². The summed E-state index contributed by atoms with van der Waals surface area (Å²) in [4.78, 5) is 11.4. The van der Waals surface area contributed by atoms with Gasteiger partial charge in [-0.1, -0.05) is 6.92 Å². The molecule has 6 nitrogen and oxygen atoms in total. The van der Waals surface area contributed by atoms with Crippen LogP contribution in [0.2, 0.25) is 0 Å². The first kappa shape index (κ1) is 19.7. The highest BCUT2D eigenvalue weighted by Gasteiger charge is 2.15. The highest BCUT2D eigenvalue weighted by Crippen LogP contribution is 2.26. The van der Waals surface area contributed by atoms with E-state index < -0.39 is 0 Å². The summed E-state index contributed by atoms with van der Waals surface area (Å²) in [6.07, 6.45) is 2.52. The molecule has 0 unspecified atom stereocenters. The number of rotatable bonds is 5. The van der Waals surface area contributed by atoms with E-state index in [-0.39, 0.29) is 0 Å². The zero-order valence-electron chi connectivity index (χ0n) is 17.4. The van der Waals surface area contributed by atoms with Gasteiger partial charge in [-0.25, -0.2) is 9.97 Å². The summed E-state index contributed by atoms with van der Waals surface area (Å²) in [7, 11) is 0. The molecule has 0 atom stereocenters. The third-order valence-electron chi connectivity index (χ3n) is 5.41. The van der Waals surface area contributed by atoms with Crippen molar-refractivity contribution in [3.63, 3.8) is 0 Å². The van der Waals surface area contributed by atoms with Crippen LogP contribution in [0, 0.1) is 24.2 Å². The second-order valence-electron chi connectivity index (χ2n) is 7.84. The minimum absolute atomic E-state index is 0.629. The van der Waals surface area contributed by atoms with Gasteiger partial charge in [0.05, 0.1) is 11.6 Å². The second-order valence-corrected chi connectivity index (χ2v) is 7.84. The van der Waals surface area contributed by atoms with Crippen molar-refractivity contribution in [2.45, 2.75) is 26.7 Å². The van der Waals surface area contributed by atoms with Gasteiger partial charge >= 0.3 is 0 Å². The van der Waals surface area contributed by atoms with Gasteiger partial charge in [0.1, 0.15) is 17.5 Å². The van der Waals surface area contributed by atoms with Crippen molar-refractivity contribution in [1.82, 2.24) is 9.97 Å². The number of piperidine rings is 1. The van der Waals surface area contributed by atoms with E-state index >= 15 is 0 Å². The van der Waals surface area contributed by atoms with Crippen molar-refractivity contribution in [2.24, 2.45) is 5.92 Å². The molecule has 1 aliphatic rings. The lowest BCUT2D eigenvalue weighted by molar-refractivity contribution is 0.438. The summed E-state index contributed by atoms with van der Waals surface area (Å²) in [5.74, 6) is 2.94. The quantitative estimate of drug-likeness (QED) is 0.601. The van der Waals surface area contributed by atoms with E-state index in [9.17, 15) is 0 Å². The van der Waals surface area contributed by atoms with E-state index in [0.29, 0.717) is 17.2 Å². The molecule has 0 saturated carbocycles. The smallest absolute Gasteiger partial charge is 0.136 e. The minimum Gasteiger partial charge on any atom is -0.372 e. The molecule has 1 fully saturated rings. The zero-order valence-corrected chi connectivity index (χ0v) is 17.4. The number of nitriles is 1. The van der Waals surface area contributed by atoms with Gasteiger partial charge in [-0.3, -0.25) is 0 Å². The van der Waals surface area contributed by atoms with Crippen LogP contribution in [0.4, 0.5) is 28.7 Å². The van der Waals surface area contributed by atoms with Crippen LogP contribution in [0.1, 0.15) is 31.2 Å². The third kappa shape index (κ3) is 4.87. The molecule has 1 saturated heterocycles. The Morgan fingerprint density at radius 3 is 1.97 bits per heavy atom. The van der Waals surface area contributed by atoms with Crippen molar-refractivity contribution in [2.75, 3.05) is 28.6 Å². The van der Waals surface area contributed by atoms with Crippen LogP contribution < -0.4 is 15.5 Å². The number of hydrogen-bond acceptors (Lipinski definition) is 6. The Bertz CT molecular complexity index is 1030. The summed E-state index contributed by atoms with van der Waals surface area (Å²) >= 11 is 0. The molecule has 0 spiro atoms. The van der Waals surface area contributed by atoms with Crippen LogP contribution in [-0.2, 0) is 0 Å².